The predicted octanol–water partition coefficient (Wildman–Crippen LogP) is 5.44. The van der Waals surface area contributed by atoms with E-state index in [2.05, 4.69) is 10.3 Å². The molecule has 1 N–H and O–H groups in total. The summed E-state index contributed by atoms with van der Waals surface area (Å²) >= 11 is 11.8. The molecule has 0 saturated carbocycles. The summed E-state index contributed by atoms with van der Waals surface area (Å²) in [6.45, 7) is 0. The molecular weight excluding hydrogens is 375 g/mol. The zero-order chi connectivity index (χ0) is 18.5. The first kappa shape index (κ1) is 18.0. The van der Waals surface area contributed by atoms with E-state index in [1.165, 1.54) is 6.20 Å². The fourth-order valence-electron chi connectivity index (χ4n) is 2.16. The summed E-state index contributed by atoms with van der Waals surface area (Å²) in [5, 5.41) is 3.56. The average molecular weight is 389 g/mol. The lowest BCUT2D eigenvalue weighted by Crippen LogP contribution is -2.12. The quantitative estimate of drug-likeness (QED) is 0.590. The average Bonchev–Trinajstić information content (AvgIpc) is 2.65. The molecule has 0 atom stereocenters. The summed E-state index contributed by atoms with van der Waals surface area (Å²) in [6.07, 6.45) is 1.40. The van der Waals surface area contributed by atoms with Gasteiger partial charge in [-0.3, -0.25) is 4.79 Å². The van der Waals surface area contributed by atoms with Crippen molar-refractivity contribution < 1.29 is 14.3 Å². The Balaban J connectivity index is 1.83. The van der Waals surface area contributed by atoms with Crippen LogP contribution in [0.25, 0.3) is 0 Å². The summed E-state index contributed by atoms with van der Waals surface area (Å²) in [6, 6.07) is 15.2. The lowest BCUT2D eigenvalue weighted by molar-refractivity contribution is 0.102. The Bertz CT molecular complexity index is 913. The number of benzene rings is 2. The number of ether oxygens (including phenoxy) is 2. The standard InChI is InChI=1S/C19H14Cl2N2O3/c1-25-14-4-6-15(7-5-14)26-17-8-3-13(20)10-16(17)23-19(24)12-2-9-18(21)22-11-12/h2-11H,1H3,(H,23,24). The molecule has 0 fully saturated rings. The second kappa shape index (κ2) is 8.08. The van der Waals surface area contributed by atoms with Crippen LogP contribution in [0.5, 0.6) is 17.2 Å². The molecule has 0 unspecified atom stereocenters. The van der Waals surface area contributed by atoms with Gasteiger partial charge in [-0.2, -0.15) is 0 Å². The fourth-order valence-corrected chi connectivity index (χ4v) is 2.45. The van der Waals surface area contributed by atoms with E-state index in [0.29, 0.717) is 32.9 Å². The lowest BCUT2D eigenvalue weighted by atomic mass is 10.2. The maximum atomic E-state index is 12.4. The Labute approximate surface area is 160 Å². The minimum Gasteiger partial charge on any atom is -0.497 e. The van der Waals surface area contributed by atoms with Gasteiger partial charge in [-0.1, -0.05) is 23.2 Å². The number of hydrogen-bond acceptors (Lipinski definition) is 4. The van der Waals surface area contributed by atoms with E-state index in [4.69, 9.17) is 32.7 Å². The molecule has 0 radical (unpaired) electrons. The first-order valence-electron chi connectivity index (χ1n) is 7.59. The third-order valence-electron chi connectivity index (χ3n) is 3.47. The van der Waals surface area contributed by atoms with Gasteiger partial charge in [0.25, 0.3) is 5.91 Å². The fraction of sp³-hybridized carbons (Fsp3) is 0.0526. The van der Waals surface area contributed by atoms with Crippen LogP contribution in [0.2, 0.25) is 10.2 Å². The highest BCUT2D eigenvalue weighted by Gasteiger charge is 2.12. The Morgan fingerprint density at radius 1 is 1.00 bits per heavy atom. The van der Waals surface area contributed by atoms with Crippen LogP contribution in [0.1, 0.15) is 10.4 Å². The molecule has 0 bridgehead atoms. The molecule has 1 heterocycles. The van der Waals surface area contributed by atoms with Crippen LogP contribution >= 0.6 is 23.2 Å². The van der Waals surface area contributed by atoms with Crippen LogP contribution < -0.4 is 14.8 Å². The third kappa shape index (κ3) is 4.45. The van der Waals surface area contributed by atoms with Crippen molar-refractivity contribution in [3.05, 3.63) is 76.5 Å². The van der Waals surface area contributed by atoms with Crippen molar-refractivity contribution in [3.8, 4) is 17.2 Å². The summed E-state index contributed by atoms with van der Waals surface area (Å²) in [5.74, 6) is 1.42. The number of halogens is 2. The minimum absolute atomic E-state index is 0.313. The highest BCUT2D eigenvalue weighted by atomic mass is 35.5. The number of rotatable bonds is 5. The van der Waals surface area contributed by atoms with Crippen molar-refractivity contribution in [1.82, 2.24) is 4.98 Å². The minimum atomic E-state index is -0.351. The molecule has 132 valence electrons. The monoisotopic (exact) mass is 388 g/mol. The molecule has 7 heteroatoms. The molecule has 0 aliphatic heterocycles. The van der Waals surface area contributed by atoms with Gasteiger partial charge in [0.2, 0.25) is 0 Å². The highest BCUT2D eigenvalue weighted by Crippen LogP contribution is 2.33. The Morgan fingerprint density at radius 3 is 2.38 bits per heavy atom. The summed E-state index contributed by atoms with van der Waals surface area (Å²) in [4.78, 5) is 16.3. The molecule has 5 nitrogen and oxygen atoms in total. The zero-order valence-corrected chi connectivity index (χ0v) is 15.2. The summed E-state index contributed by atoms with van der Waals surface area (Å²) < 4.78 is 11.0. The molecular formula is C19H14Cl2N2O3. The number of aromatic nitrogens is 1. The predicted molar refractivity (Wildman–Crippen MR) is 102 cm³/mol. The van der Waals surface area contributed by atoms with Gasteiger partial charge < -0.3 is 14.8 Å². The second-order valence-electron chi connectivity index (χ2n) is 5.24. The molecule has 2 aromatic carbocycles. The third-order valence-corrected chi connectivity index (χ3v) is 3.93. The van der Waals surface area contributed by atoms with Gasteiger partial charge in [0.1, 0.15) is 16.7 Å². The number of anilines is 1. The molecule has 1 amide bonds. The molecule has 0 saturated heterocycles. The number of hydrogen-bond donors (Lipinski definition) is 1. The van der Waals surface area contributed by atoms with Gasteiger partial charge in [0.15, 0.2) is 5.75 Å². The maximum Gasteiger partial charge on any atom is 0.257 e. The van der Waals surface area contributed by atoms with Crippen LogP contribution in [0.4, 0.5) is 5.69 Å². The largest absolute Gasteiger partial charge is 0.497 e. The number of nitrogens with one attached hydrogen (secondary N) is 1. The van der Waals surface area contributed by atoms with E-state index in [0.717, 1.165) is 5.75 Å². The Morgan fingerprint density at radius 2 is 1.73 bits per heavy atom. The highest BCUT2D eigenvalue weighted by molar-refractivity contribution is 6.31. The van der Waals surface area contributed by atoms with Crippen molar-refractivity contribution in [2.24, 2.45) is 0 Å². The van der Waals surface area contributed by atoms with Crippen molar-refractivity contribution in [3.63, 3.8) is 0 Å². The number of methoxy groups -OCH3 is 1. The topological polar surface area (TPSA) is 60.5 Å². The number of carbonyl (C=O) groups is 1. The van der Waals surface area contributed by atoms with Crippen LogP contribution in [0.3, 0.4) is 0 Å². The van der Waals surface area contributed by atoms with E-state index in [-0.39, 0.29) is 5.91 Å². The SMILES string of the molecule is COc1ccc(Oc2ccc(Cl)cc2NC(=O)c2ccc(Cl)nc2)cc1. The van der Waals surface area contributed by atoms with Gasteiger partial charge >= 0.3 is 0 Å². The summed E-state index contributed by atoms with van der Waals surface area (Å²) in [7, 11) is 1.59. The first-order chi connectivity index (χ1) is 12.5. The zero-order valence-electron chi connectivity index (χ0n) is 13.7. The van der Waals surface area contributed by atoms with Crippen molar-refractivity contribution in [1.29, 1.82) is 0 Å². The van der Waals surface area contributed by atoms with Crippen molar-refractivity contribution in [2.45, 2.75) is 0 Å². The van der Waals surface area contributed by atoms with E-state index in [9.17, 15) is 4.79 Å². The lowest BCUT2D eigenvalue weighted by Gasteiger charge is -2.13. The molecule has 0 spiro atoms. The number of carbonyl (C=O) groups excluding carboxylic acids is 1. The number of pyridine rings is 1. The van der Waals surface area contributed by atoms with Crippen LogP contribution in [0.15, 0.2) is 60.8 Å². The first-order valence-corrected chi connectivity index (χ1v) is 8.35. The number of nitrogens with zero attached hydrogens (tertiary/aromatic N) is 1. The summed E-state index contributed by atoms with van der Waals surface area (Å²) in [5.41, 5.74) is 0.804. The molecule has 3 aromatic rings. The van der Waals surface area contributed by atoms with Crippen LogP contribution in [0, 0.1) is 0 Å². The van der Waals surface area contributed by atoms with Crippen molar-refractivity contribution >= 4 is 34.8 Å². The van der Waals surface area contributed by atoms with E-state index < -0.39 is 0 Å². The molecule has 26 heavy (non-hydrogen) atoms. The second-order valence-corrected chi connectivity index (χ2v) is 6.07. The normalized spacial score (nSPS) is 10.3. The molecule has 1 aromatic heterocycles. The van der Waals surface area contributed by atoms with Crippen molar-refractivity contribution in [2.75, 3.05) is 12.4 Å². The van der Waals surface area contributed by atoms with E-state index in [1.807, 2.05) is 0 Å². The Kier molecular flexibility index (Phi) is 5.61. The molecule has 3 rings (SSSR count). The van der Waals surface area contributed by atoms with Gasteiger partial charge in [-0.05, 0) is 54.6 Å². The Hall–Kier alpha value is -2.76. The molecule has 0 aliphatic carbocycles. The van der Waals surface area contributed by atoms with Crippen LogP contribution in [-0.4, -0.2) is 18.0 Å². The molecule has 0 aliphatic rings. The van der Waals surface area contributed by atoms with E-state index >= 15 is 0 Å². The van der Waals surface area contributed by atoms with Gasteiger partial charge in [-0.15, -0.1) is 0 Å². The maximum absolute atomic E-state index is 12.4. The number of amides is 1. The van der Waals surface area contributed by atoms with Gasteiger partial charge in [0, 0.05) is 11.2 Å². The van der Waals surface area contributed by atoms with Crippen LogP contribution in [-0.2, 0) is 0 Å². The van der Waals surface area contributed by atoms with Gasteiger partial charge in [-0.25, -0.2) is 4.98 Å². The van der Waals surface area contributed by atoms with Gasteiger partial charge in [0.05, 0.1) is 18.4 Å². The van der Waals surface area contributed by atoms with E-state index in [1.54, 1.807) is 61.7 Å². The smallest absolute Gasteiger partial charge is 0.257 e.